The smallest absolute Gasteiger partial charge is 0.387 e. The van der Waals surface area contributed by atoms with Crippen LogP contribution in [0, 0.1) is 0 Å². The standard InChI is InChI=1S/C18H23N6O7P/c1-18(27)13(25)11(8-30-32(28,29)21-7-10-5-3-2-4-6-10)31-16(18)24-9-20-12-14(24)22-17(19)23-15(12)26/h2-6,9,11,13,16,25,27H,7-8H2,1H3,(H2,21,28,29)(H3,19,22,23,26)/t11-,13+,16-,18?/m1/s1. The largest absolute Gasteiger partial charge is 0.403 e. The van der Waals surface area contributed by atoms with Crippen molar-refractivity contribution in [2.75, 3.05) is 12.3 Å². The SMILES string of the molecule is CC1(O)[C@@H](O)[C@@H](COP(=O)(O)NCc2ccccc2)O[C@H]1n1cnc2c(=O)[nH]c(N)nc21. The van der Waals surface area contributed by atoms with Crippen LogP contribution in [-0.2, 0) is 20.4 Å². The quantitative estimate of drug-likeness (QED) is 0.248. The summed E-state index contributed by atoms with van der Waals surface area (Å²) in [6, 6.07) is 8.96. The molecule has 1 aliphatic rings. The van der Waals surface area contributed by atoms with Crippen molar-refractivity contribution >= 4 is 24.9 Å². The zero-order chi connectivity index (χ0) is 23.1. The summed E-state index contributed by atoms with van der Waals surface area (Å²) >= 11 is 0. The zero-order valence-corrected chi connectivity index (χ0v) is 17.8. The number of nitrogens with one attached hydrogen (secondary N) is 2. The predicted octanol–water partition coefficient (Wildman–Crippen LogP) is -0.382. The monoisotopic (exact) mass is 466 g/mol. The summed E-state index contributed by atoms with van der Waals surface area (Å²) in [5, 5.41) is 23.9. The van der Waals surface area contributed by atoms with Gasteiger partial charge in [-0.1, -0.05) is 30.3 Å². The van der Waals surface area contributed by atoms with Gasteiger partial charge < -0.3 is 25.6 Å². The number of nitrogens with zero attached hydrogens (tertiary/aromatic N) is 3. The number of rotatable bonds is 7. The average Bonchev–Trinajstić information content (AvgIpc) is 3.25. The number of nitrogen functional groups attached to an aromatic ring is 1. The molecule has 0 aliphatic carbocycles. The Balaban J connectivity index is 1.48. The van der Waals surface area contributed by atoms with Crippen molar-refractivity contribution < 1.29 is 28.9 Å². The molecule has 14 heteroatoms. The minimum Gasteiger partial charge on any atom is -0.387 e. The number of aromatic amines is 1. The maximum absolute atomic E-state index is 12.3. The molecule has 172 valence electrons. The normalized spacial score (nSPS) is 27.6. The summed E-state index contributed by atoms with van der Waals surface area (Å²) in [6.07, 6.45) is -2.65. The second kappa shape index (κ2) is 8.37. The van der Waals surface area contributed by atoms with E-state index in [0.717, 1.165) is 5.56 Å². The number of aromatic nitrogens is 4. The fourth-order valence-electron chi connectivity index (χ4n) is 3.50. The summed E-state index contributed by atoms with van der Waals surface area (Å²) in [5.74, 6) is -0.159. The molecule has 0 radical (unpaired) electrons. The molecule has 2 aromatic heterocycles. The molecule has 0 saturated carbocycles. The van der Waals surface area contributed by atoms with Gasteiger partial charge in [0, 0.05) is 6.54 Å². The van der Waals surface area contributed by atoms with Gasteiger partial charge in [-0.2, -0.15) is 4.98 Å². The van der Waals surface area contributed by atoms with Gasteiger partial charge in [0.05, 0.1) is 12.9 Å². The van der Waals surface area contributed by atoms with Gasteiger partial charge in [0.2, 0.25) is 5.95 Å². The van der Waals surface area contributed by atoms with Crippen LogP contribution >= 0.6 is 7.75 Å². The van der Waals surface area contributed by atoms with E-state index < -0.39 is 43.9 Å². The van der Waals surface area contributed by atoms with Crippen molar-refractivity contribution in [1.29, 1.82) is 0 Å². The maximum atomic E-state index is 12.3. The highest BCUT2D eigenvalue weighted by atomic mass is 31.2. The van der Waals surface area contributed by atoms with E-state index in [1.165, 1.54) is 17.8 Å². The second-order valence-corrected chi connectivity index (χ2v) is 9.22. The number of hydrogen-bond donors (Lipinski definition) is 6. The molecular weight excluding hydrogens is 443 g/mol. The van der Waals surface area contributed by atoms with E-state index in [2.05, 4.69) is 20.0 Å². The first kappa shape index (κ1) is 22.6. The van der Waals surface area contributed by atoms with Crippen LogP contribution in [0.4, 0.5) is 5.95 Å². The van der Waals surface area contributed by atoms with Crippen LogP contribution in [0.1, 0.15) is 18.7 Å². The number of nitrogens with two attached hydrogens (primary N) is 1. The highest BCUT2D eigenvalue weighted by molar-refractivity contribution is 7.50. The van der Waals surface area contributed by atoms with Gasteiger partial charge in [-0.15, -0.1) is 0 Å². The van der Waals surface area contributed by atoms with E-state index in [0.29, 0.717) is 0 Å². The minimum absolute atomic E-state index is 0.0299. The van der Waals surface area contributed by atoms with Crippen LogP contribution in [0.15, 0.2) is 41.5 Å². The molecule has 2 unspecified atom stereocenters. The van der Waals surface area contributed by atoms with E-state index in [1.54, 1.807) is 24.3 Å². The highest BCUT2D eigenvalue weighted by Gasteiger charge is 2.54. The first-order valence-corrected chi connectivity index (χ1v) is 11.2. The van der Waals surface area contributed by atoms with Gasteiger partial charge in [-0.05, 0) is 12.5 Å². The molecule has 1 saturated heterocycles. The van der Waals surface area contributed by atoms with Gasteiger partial charge in [0.25, 0.3) is 5.56 Å². The predicted molar refractivity (Wildman–Crippen MR) is 112 cm³/mol. The average molecular weight is 466 g/mol. The molecule has 0 amide bonds. The van der Waals surface area contributed by atoms with Crippen LogP contribution < -0.4 is 16.4 Å². The van der Waals surface area contributed by atoms with Gasteiger partial charge in [-0.25, -0.2) is 14.6 Å². The first-order chi connectivity index (χ1) is 15.1. The van der Waals surface area contributed by atoms with Crippen LogP contribution in [0.25, 0.3) is 11.2 Å². The molecule has 4 rings (SSSR count). The van der Waals surface area contributed by atoms with Gasteiger partial charge in [0.1, 0.15) is 17.8 Å². The number of aliphatic hydroxyl groups excluding tert-OH is 1. The molecule has 5 atom stereocenters. The number of hydrogen-bond acceptors (Lipinski definition) is 9. The molecule has 1 aliphatic heterocycles. The lowest BCUT2D eigenvalue weighted by molar-refractivity contribution is -0.0948. The molecule has 1 aromatic carbocycles. The van der Waals surface area contributed by atoms with Crippen molar-refractivity contribution in [3.63, 3.8) is 0 Å². The van der Waals surface area contributed by atoms with E-state index in [4.69, 9.17) is 15.0 Å². The Hall–Kier alpha value is -2.64. The molecule has 3 aromatic rings. The summed E-state index contributed by atoms with van der Waals surface area (Å²) < 4.78 is 24.4. The third kappa shape index (κ3) is 4.32. The van der Waals surface area contributed by atoms with Gasteiger partial charge in [-0.3, -0.25) is 18.9 Å². The maximum Gasteiger partial charge on any atom is 0.403 e. The third-order valence-corrected chi connectivity index (χ3v) is 6.25. The Morgan fingerprint density at radius 3 is 2.84 bits per heavy atom. The Morgan fingerprint density at radius 1 is 1.41 bits per heavy atom. The lowest BCUT2D eigenvalue weighted by Crippen LogP contribution is -2.44. The fraction of sp³-hybridized carbons (Fsp3) is 0.389. The van der Waals surface area contributed by atoms with Crippen LogP contribution in [0.2, 0.25) is 0 Å². The first-order valence-electron chi connectivity index (χ1n) is 9.63. The molecular formula is C18H23N6O7P. The topological polar surface area (TPSA) is 198 Å². The molecule has 1 fully saturated rings. The van der Waals surface area contributed by atoms with Crippen LogP contribution in [0.5, 0.6) is 0 Å². The Morgan fingerprint density at radius 2 is 2.12 bits per heavy atom. The summed E-state index contributed by atoms with van der Waals surface area (Å²) in [6.45, 7) is 0.911. The number of anilines is 1. The molecule has 32 heavy (non-hydrogen) atoms. The van der Waals surface area contributed by atoms with Gasteiger partial charge in [0.15, 0.2) is 17.4 Å². The van der Waals surface area contributed by atoms with Crippen molar-refractivity contribution in [1.82, 2.24) is 24.6 Å². The Kier molecular flexibility index (Phi) is 5.90. The summed E-state index contributed by atoms with van der Waals surface area (Å²) in [5.41, 5.74) is 3.95. The fourth-order valence-corrected chi connectivity index (χ4v) is 4.32. The summed E-state index contributed by atoms with van der Waals surface area (Å²) in [7, 11) is -4.23. The molecule has 3 heterocycles. The number of imidazole rings is 1. The summed E-state index contributed by atoms with van der Waals surface area (Å²) in [4.78, 5) is 32.3. The lowest BCUT2D eigenvalue weighted by Gasteiger charge is -2.27. The number of H-pyrrole nitrogens is 1. The van der Waals surface area contributed by atoms with Crippen molar-refractivity contribution in [3.8, 4) is 0 Å². The number of ether oxygens (including phenoxy) is 1. The Labute approximate surface area is 181 Å². The van der Waals surface area contributed by atoms with Crippen LogP contribution in [-0.4, -0.2) is 59.0 Å². The molecule has 0 bridgehead atoms. The van der Waals surface area contributed by atoms with Crippen LogP contribution in [0.3, 0.4) is 0 Å². The van der Waals surface area contributed by atoms with Crippen molar-refractivity contribution in [2.24, 2.45) is 0 Å². The number of benzene rings is 1. The van der Waals surface area contributed by atoms with Crippen molar-refractivity contribution in [3.05, 3.63) is 52.6 Å². The number of fused-ring (bicyclic) bond motifs is 1. The van der Waals surface area contributed by atoms with Crippen molar-refractivity contribution in [2.45, 2.75) is 37.5 Å². The third-order valence-electron chi connectivity index (χ3n) is 5.20. The molecule has 7 N–H and O–H groups in total. The van der Waals surface area contributed by atoms with E-state index >= 15 is 0 Å². The van der Waals surface area contributed by atoms with E-state index in [-0.39, 0.29) is 23.7 Å². The molecule has 0 spiro atoms. The van der Waals surface area contributed by atoms with E-state index in [9.17, 15) is 24.5 Å². The molecule has 13 nitrogen and oxygen atoms in total. The second-order valence-electron chi connectivity index (χ2n) is 7.61. The minimum atomic E-state index is -4.23. The Bertz CT molecular complexity index is 1210. The lowest BCUT2D eigenvalue weighted by atomic mass is 9.96. The number of aliphatic hydroxyl groups is 2. The highest BCUT2D eigenvalue weighted by Crippen LogP contribution is 2.42. The van der Waals surface area contributed by atoms with E-state index in [1.807, 2.05) is 6.07 Å². The zero-order valence-electron chi connectivity index (χ0n) is 17.0. The van der Waals surface area contributed by atoms with Gasteiger partial charge >= 0.3 is 7.75 Å².